The van der Waals surface area contributed by atoms with Gasteiger partial charge in [-0.3, -0.25) is 4.40 Å². The zero-order valence-electron chi connectivity index (χ0n) is 10.7. The summed E-state index contributed by atoms with van der Waals surface area (Å²) < 4.78 is 1.95. The topological polar surface area (TPSA) is 46.3 Å². The van der Waals surface area contributed by atoms with Crippen LogP contribution in [0, 0.1) is 0 Å². The number of piperidine rings is 1. The molecule has 5 nitrogen and oxygen atoms in total. The molecule has 0 amide bonds. The summed E-state index contributed by atoms with van der Waals surface area (Å²) in [4.78, 5) is 15.9. The van der Waals surface area contributed by atoms with E-state index in [1.54, 1.807) is 6.20 Å². The van der Waals surface area contributed by atoms with Crippen LogP contribution in [0.15, 0.2) is 30.6 Å². The highest BCUT2D eigenvalue weighted by Crippen LogP contribution is 2.20. The highest BCUT2D eigenvalue weighted by atomic mass is 15.2. The monoisotopic (exact) mass is 253 g/mol. The van der Waals surface area contributed by atoms with Crippen molar-refractivity contribution in [3.05, 3.63) is 30.6 Å². The molecule has 0 atom stereocenters. The molecule has 0 saturated carbocycles. The lowest BCUT2D eigenvalue weighted by atomic mass is 10.1. The van der Waals surface area contributed by atoms with Gasteiger partial charge in [-0.1, -0.05) is 0 Å². The lowest BCUT2D eigenvalue weighted by molar-refractivity contribution is 0.573. The van der Waals surface area contributed by atoms with Crippen LogP contribution in [-0.2, 0) is 0 Å². The summed E-state index contributed by atoms with van der Waals surface area (Å²) in [6.45, 7) is 2.20. The average molecular weight is 253 g/mol. The van der Waals surface area contributed by atoms with Crippen LogP contribution in [0.2, 0.25) is 0 Å². The molecular formula is C14H15N5. The molecule has 5 heteroatoms. The zero-order chi connectivity index (χ0) is 12.7. The van der Waals surface area contributed by atoms with Gasteiger partial charge in [0.25, 0.3) is 0 Å². The third kappa shape index (κ3) is 1.73. The zero-order valence-corrected chi connectivity index (χ0v) is 10.7. The first kappa shape index (κ1) is 10.7. The van der Waals surface area contributed by atoms with Crippen molar-refractivity contribution in [2.75, 3.05) is 18.0 Å². The first-order valence-electron chi connectivity index (χ1n) is 6.77. The van der Waals surface area contributed by atoms with Gasteiger partial charge in [0.05, 0.1) is 0 Å². The van der Waals surface area contributed by atoms with Crippen LogP contribution < -0.4 is 4.90 Å². The smallest absolute Gasteiger partial charge is 0.238 e. The van der Waals surface area contributed by atoms with Crippen molar-refractivity contribution in [3.8, 4) is 0 Å². The quantitative estimate of drug-likeness (QED) is 0.667. The van der Waals surface area contributed by atoms with Gasteiger partial charge < -0.3 is 4.90 Å². The van der Waals surface area contributed by atoms with Crippen LogP contribution in [-0.4, -0.2) is 32.4 Å². The molecule has 1 saturated heterocycles. The molecule has 1 aliphatic heterocycles. The lowest BCUT2D eigenvalue weighted by Crippen LogP contribution is -2.30. The fraction of sp³-hybridized carbons (Fsp3) is 0.357. The summed E-state index contributed by atoms with van der Waals surface area (Å²) in [7, 11) is 0. The van der Waals surface area contributed by atoms with E-state index in [0.29, 0.717) is 0 Å². The Morgan fingerprint density at radius 1 is 1.00 bits per heavy atom. The van der Waals surface area contributed by atoms with Crippen LogP contribution in [0.5, 0.6) is 0 Å². The molecular weight excluding hydrogens is 238 g/mol. The number of hydrogen-bond donors (Lipinski definition) is 0. The molecule has 0 N–H and O–H groups in total. The van der Waals surface area contributed by atoms with Crippen molar-refractivity contribution in [3.63, 3.8) is 0 Å². The molecule has 0 unspecified atom stereocenters. The van der Waals surface area contributed by atoms with E-state index >= 15 is 0 Å². The van der Waals surface area contributed by atoms with E-state index in [2.05, 4.69) is 25.9 Å². The normalized spacial score (nSPS) is 16.3. The third-order valence-corrected chi connectivity index (χ3v) is 3.70. The fourth-order valence-electron chi connectivity index (χ4n) is 2.71. The predicted molar refractivity (Wildman–Crippen MR) is 74.4 cm³/mol. The maximum atomic E-state index is 4.67. The average Bonchev–Trinajstić information content (AvgIpc) is 2.86. The first-order valence-corrected chi connectivity index (χ1v) is 6.77. The van der Waals surface area contributed by atoms with Gasteiger partial charge in [0.15, 0.2) is 5.65 Å². The first-order chi connectivity index (χ1) is 9.42. The molecule has 0 aromatic carbocycles. The fourth-order valence-corrected chi connectivity index (χ4v) is 2.71. The van der Waals surface area contributed by atoms with Gasteiger partial charge in [0, 0.05) is 25.5 Å². The summed E-state index contributed by atoms with van der Waals surface area (Å²) in [6.07, 6.45) is 7.65. The van der Waals surface area contributed by atoms with Gasteiger partial charge in [-0.25, -0.2) is 9.97 Å². The standard InChI is InChI=1S/C14H15N5/c1-2-8-18(9-3-1)12-6-10-19-13-11(5-4-7-15-13)16-14(19)17-12/h4-7,10H,1-3,8-9H2. The molecule has 96 valence electrons. The van der Waals surface area contributed by atoms with Crippen LogP contribution in [0.3, 0.4) is 0 Å². The number of nitrogens with zero attached hydrogens (tertiary/aromatic N) is 5. The highest BCUT2D eigenvalue weighted by Gasteiger charge is 2.14. The molecule has 0 aliphatic carbocycles. The Hall–Kier alpha value is -2.17. The van der Waals surface area contributed by atoms with E-state index in [1.165, 1.54) is 19.3 Å². The summed E-state index contributed by atoms with van der Waals surface area (Å²) in [5.41, 5.74) is 1.76. The molecule has 19 heavy (non-hydrogen) atoms. The minimum atomic E-state index is 0.733. The van der Waals surface area contributed by atoms with Crippen molar-refractivity contribution < 1.29 is 0 Å². The Balaban J connectivity index is 1.84. The number of pyridine rings is 1. The predicted octanol–water partition coefficient (Wildman–Crippen LogP) is 2.27. The minimum Gasteiger partial charge on any atom is -0.356 e. The Labute approximate surface area is 110 Å². The van der Waals surface area contributed by atoms with Crippen LogP contribution >= 0.6 is 0 Å². The Kier molecular flexibility index (Phi) is 2.36. The SMILES string of the molecule is c1cnc2c(c1)nc1nc(N3CCCCC3)ccn12. The van der Waals surface area contributed by atoms with E-state index < -0.39 is 0 Å². The molecule has 3 aromatic heterocycles. The summed E-state index contributed by atoms with van der Waals surface area (Å²) >= 11 is 0. The minimum absolute atomic E-state index is 0.733. The number of imidazole rings is 1. The number of aromatic nitrogens is 4. The van der Waals surface area contributed by atoms with Gasteiger partial charge in [-0.05, 0) is 37.5 Å². The summed E-state index contributed by atoms with van der Waals surface area (Å²) in [6, 6.07) is 5.94. The van der Waals surface area contributed by atoms with Crippen molar-refractivity contribution in [2.24, 2.45) is 0 Å². The van der Waals surface area contributed by atoms with E-state index in [0.717, 1.165) is 35.8 Å². The molecule has 1 aliphatic rings. The van der Waals surface area contributed by atoms with Gasteiger partial charge in [-0.2, -0.15) is 4.98 Å². The second-order valence-corrected chi connectivity index (χ2v) is 4.96. The molecule has 0 bridgehead atoms. The number of hydrogen-bond acceptors (Lipinski definition) is 4. The molecule has 0 spiro atoms. The second kappa shape index (κ2) is 4.19. The maximum absolute atomic E-state index is 4.67. The van der Waals surface area contributed by atoms with Crippen LogP contribution in [0.1, 0.15) is 19.3 Å². The Bertz CT molecular complexity index is 727. The molecule has 4 heterocycles. The summed E-state index contributed by atoms with van der Waals surface area (Å²) in [5.74, 6) is 1.76. The van der Waals surface area contributed by atoms with E-state index in [1.807, 2.05) is 22.7 Å². The number of rotatable bonds is 1. The van der Waals surface area contributed by atoms with Gasteiger partial charge in [-0.15, -0.1) is 0 Å². The van der Waals surface area contributed by atoms with Gasteiger partial charge >= 0.3 is 0 Å². The summed E-state index contributed by atoms with van der Waals surface area (Å²) in [5, 5.41) is 0. The third-order valence-electron chi connectivity index (χ3n) is 3.70. The molecule has 3 aromatic rings. The van der Waals surface area contributed by atoms with Crippen LogP contribution in [0.4, 0.5) is 5.82 Å². The van der Waals surface area contributed by atoms with Gasteiger partial charge in [0.2, 0.25) is 5.78 Å². The van der Waals surface area contributed by atoms with Gasteiger partial charge in [0.1, 0.15) is 11.3 Å². The molecule has 1 fully saturated rings. The molecule has 0 radical (unpaired) electrons. The number of fused-ring (bicyclic) bond motifs is 3. The van der Waals surface area contributed by atoms with Crippen molar-refractivity contribution in [1.82, 2.24) is 19.4 Å². The molecule has 4 rings (SSSR count). The second-order valence-electron chi connectivity index (χ2n) is 4.96. The Morgan fingerprint density at radius 2 is 1.89 bits per heavy atom. The lowest BCUT2D eigenvalue weighted by Gasteiger charge is -2.27. The van der Waals surface area contributed by atoms with Crippen molar-refractivity contribution in [2.45, 2.75) is 19.3 Å². The maximum Gasteiger partial charge on any atom is 0.238 e. The highest BCUT2D eigenvalue weighted by molar-refractivity contribution is 5.75. The van der Waals surface area contributed by atoms with Crippen LogP contribution in [0.25, 0.3) is 16.9 Å². The Morgan fingerprint density at radius 3 is 2.79 bits per heavy atom. The van der Waals surface area contributed by atoms with Crippen molar-refractivity contribution in [1.29, 1.82) is 0 Å². The van der Waals surface area contributed by atoms with E-state index in [9.17, 15) is 0 Å². The van der Waals surface area contributed by atoms with Crippen molar-refractivity contribution >= 4 is 22.8 Å². The number of anilines is 1. The largest absolute Gasteiger partial charge is 0.356 e. The van der Waals surface area contributed by atoms with E-state index in [4.69, 9.17) is 0 Å². The van der Waals surface area contributed by atoms with E-state index in [-0.39, 0.29) is 0 Å².